The average Bonchev–Trinajstić information content (AvgIpc) is 3.49. The van der Waals surface area contributed by atoms with Gasteiger partial charge < -0.3 is 9.47 Å². The van der Waals surface area contributed by atoms with Crippen molar-refractivity contribution >= 4 is 6.16 Å². The molecule has 1 heterocycles. The molecule has 1 aliphatic heterocycles. The van der Waals surface area contributed by atoms with Crippen LogP contribution in [0.4, 0.5) is 4.79 Å². The van der Waals surface area contributed by atoms with E-state index in [9.17, 15) is 4.79 Å². The van der Waals surface area contributed by atoms with E-state index in [0.29, 0.717) is 19.5 Å². The second-order valence-corrected chi connectivity index (χ2v) is 13.2. The number of hydrogen-bond donors (Lipinski definition) is 0. The molecule has 5 nitrogen and oxygen atoms in total. The molecule has 5 aromatic carbocycles. The molecule has 5 aromatic rings. The Labute approximate surface area is 285 Å². The smallest absolute Gasteiger partial charge is 0.425 e. The number of benzene rings is 5. The summed E-state index contributed by atoms with van der Waals surface area (Å²) in [4.78, 5) is 18.3. The lowest BCUT2D eigenvalue weighted by molar-refractivity contribution is -0.0238. The summed E-state index contributed by atoms with van der Waals surface area (Å²) in [7, 11) is 0. The molecule has 6 rings (SSSR count). The molecular weight excluding hydrogens is 592 g/mol. The van der Waals surface area contributed by atoms with Gasteiger partial charge in [-0.2, -0.15) is 0 Å². The van der Waals surface area contributed by atoms with Gasteiger partial charge in [0, 0.05) is 26.2 Å². The van der Waals surface area contributed by atoms with Gasteiger partial charge in [0.25, 0.3) is 0 Å². The molecular formula is C43H46N2O3. The number of hydrogen-bond acceptors (Lipinski definition) is 5. The van der Waals surface area contributed by atoms with Gasteiger partial charge in [-0.05, 0) is 40.2 Å². The Balaban J connectivity index is 1.41. The van der Waals surface area contributed by atoms with Crippen molar-refractivity contribution in [2.75, 3.05) is 0 Å². The van der Waals surface area contributed by atoms with Crippen molar-refractivity contribution in [2.45, 2.75) is 70.7 Å². The van der Waals surface area contributed by atoms with E-state index in [0.717, 1.165) is 13.1 Å². The summed E-state index contributed by atoms with van der Waals surface area (Å²) in [5, 5.41) is 0. The molecule has 0 N–H and O–H groups in total. The van der Waals surface area contributed by atoms with Crippen LogP contribution in [0.25, 0.3) is 0 Å². The number of nitrogens with zero attached hydrogens (tertiary/aromatic N) is 2. The van der Waals surface area contributed by atoms with Crippen LogP contribution in [0.1, 0.15) is 41.7 Å². The molecule has 0 amide bonds. The van der Waals surface area contributed by atoms with E-state index in [1.807, 2.05) is 6.07 Å². The summed E-state index contributed by atoms with van der Waals surface area (Å²) in [6.45, 7) is 7.32. The van der Waals surface area contributed by atoms with Crippen molar-refractivity contribution in [1.29, 1.82) is 0 Å². The lowest BCUT2D eigenvalue weighted by Gasteiger charge is -2.42. The molecule has 0 aliphatic carbocycles. The van der Waals surface area contributed by atoms with Crippen LogP contribution in [-0.4, -0.2) is 40.2 Å². The fraction of sp³-hybridized carbons (Fsp3) is 0.279. The van der Waals surface area contributed by atoms with Crippen molar-refractivity contribution in [1.82, 2.24) is 9.80 Å². The maximum absolute atomic E-state index is 13.3. The van der Waals surface area contributed by atoms with Crippen molar-refractivity contribution in [3.8, 4) is 0 Å². The van der Waals surface area contributed by atoms with E-state index < -0.39 is 18.4 Å². The summed E-state index contributed by atoms with van der Waals surface area (Å²) in [5.74, 6) is 0.175. The van der Waals surface area contributed by atoms with E-state index in [2.05, 4.69) is 169 Å². The Morgan fingerprint density at radius 2 is 0.812 bits per heavy atom. The third-order valence-electron chi connectivity index (χ3n) is 9.28. The predicted molar refractivity (Wildman–Crippen MR) is 192 cm³/mol. The van der Waals surface area contributed by atoms with Crippen molar-refractivity contribution in [2.24, 2.45) is 5.92 Å². The number of carbonyl (C=O) groups excluding carboxylic acids is 1. The Bertz CT molecular complexity index is 1580. The molecule has 0 unspecified atom stereocenters. The third-order valence-corrected chi connectivity index (χ3v) is 9.28. The zero-order valence-corrected chi connectivity index (χ0v) is 28.0. The molecule has 0 spiro atoms. The highest BCUT2D eigenvalue weighted by molar-refractivity contribution is 5.63. The summed E-state index contributed by atoms with van der Waals surface area (Å²) in [5.41, 5.74) is 6.06. The number of rotatable bonds is 15. The van der Waals surface area contributed by atoms with E-state index in [1.165, 1.54) is 27.8 Å². The monoisotopic (exact) mass is 638 g/mol. The zero-order chi connectivity index (χ0) is 33.1. The van der Waals surface area contributed by atoms with Crippen LogP contribution in [-0.2, 0) is 42.1 Å². The molecule has 1 aliphatic rings. The molecule has 48 heavy (non-hydrogen) atoms. The van der Waals surface area contributed by atoms with E-state index in [-0.39, 0.29) is 18.0 Å². The molecule has 1 fully saturated rings. The Hall–Kier alpha value is -4.71. The van der Waals surface area contributed by atoms with Gasteiger partial charge >= 0.3 is 6.16 Å². The van der Waals surface area contributed by atoms with E-state index >= 15 is 0 Å². The van der Waals surface area contributed by atoms with Gasteiger partial charge in [0.15, 0.2) is 12.2 Å². The van der Waals surface area contributed by atoms with Gasteiger partial charge in [0.2, 0.25) is 0 Å². The maximum Gasteiger partial charge on any atom is 0.509 e. The minimum Gasteiger partial charge on any atom is -0.425 e. The predicted octanol–water partition coefficient (Wildman–Crippen LogP) is 8.93. The molecule has 246 valence electrons. The van der Waals surface area contributed by atoms with Crippen LogP contribution in [0, 0.1) is 5.92 Å². The van der Waals surface area contributed by atoms with Crippen LogP contribution < -0.4 is 0 Å². The van der Waals surface area contributed by atoms with Gasteiger partial charge in [-0.3, -0.25) is 9.80 Å². The first-order valence-corrected chi connectivity index (χ1v) is 17.1. The van der Waals surface area contributed by atoms with Crippen molar-refractivity contribution in [3.63, 3.8) is 0 Å². The third kappa shape index (κ3) is 8.80. The SMILES string of the molecule is CC(C)[C@@H]([C@@H]1OC(=O)O[C@H]1[C@H](Cc1ccccc1)N(Cc1ccccc1)Cc1ccccc1)N(Cc1ccccc1)Cc1ccccc1. The Kier molecular flexibility index (Phi) is 11.3. The topological polar surface area (TPSA) is 42.0 Å². The first-order chi connectivity index (χ1) is 23.5. The molecule has 0 aromatic heterocycles. The van der Waals surface area contributed by atoms with Crippen molar-refractivity contribution < 1.29 is 14.3 Å². The maximum atomic E-state index is 13.3. The average molecular weight is 639 g/mol. The molecule has 1 saturated heterocycles. The van der Waals surface area contributed by atoms with Gasteiger partial charge in [-0.25, -0.2) is 4.79 Å². The van der Waals surface area contributed by atoms with Crippen LogP contribution >= 0.6 is 0 Å². The van der Waals surface area contributed by atoms with Crippen LogP contribution in [0.2, 0.25) is 0 Å². The van der Waals surface area contributed by atoms with Crippen molar-refractivity contribution in [3.05, 3.63) is 179 Å². The second kappa shape index (κ2) is 16.4. The van der Waals surface area contributed by atoms with E-state index in [1.54, 1.807) is 0 Å². The summed E-state index contributed by atoms with van der Waals surface area (Å²) in [6, 6.07) is 52.6. The molecule has 0 radical (unpaired) electrons. The van der Waals surface area contributed by atoms with Gasteiger partial charge in [0.05, 0.1) is 12.1 Å². The lowest BCUT2D eigenvalue weighted by Crippen LogP contribution is -2.56. The highest BCUT2D eigenvalue weighted by Crippen LogP contribution is 2.34. The fourth-order valence-corrected chi connectivity index (χ4v) is 7.09. The standard InChI is InChI=1S/C43H46N2O3/c1-33(2)40(45(31-37-24-14-6-15-25-37)32-38-26-16-7-17-27-38)42-41(47-43(46)48-42)39(28-34-18-8-3-9-19-34)44(29-35-20-10-4-11-21-35)30-36-22-12-5-13-23-36/h3-27,33,39-42H,28-32H2,1-2H3/t39-,40-,41-,42-/m0/s1. The highest BCUT2D eigenvalue weighted by atomic mass is 16.8. The van der Waals surface area contributed by atoms with Gasteiger partial charge in [-0.15, -0.1) is 0 Å². The molecule has 0 bridgehead atoms. The van der Waals surface area contributed by atoms with Gasteiger partial charge in [-0.1, -0.05) is 166 Å². The largest absolute Gasteiger partial charge is 0.509 e. The Morgan fingerprint density at radius 1 is 0.479 bits per heavy atom. The minimum atomic E-state index is -0.590. The number of ether oxygens (including phenoxy) is 2. The van der Waals surface area contributed by atoms with Crippen LogP contribution in [0.3, 0.4) is 0 Å². The first-order valence-electron chi connectivity index (χ1n) is 17.1. The molecule has 5 heteroatoms. The summed E-state index contributed by atoms with van der Waals surface area (Å²) in [6.07, 6.45) is -0.854. The quantitative estimate of drug-likeness (QED) is 0.107. The van der Waals surface area contributed by atoms with E-state index in [4.69, 9.17) is 9.47 Å². The second-order valence-electron chi connectivity index (χ2n) is 13.2. The highest BCUT2D eigenvalue weighted by Gasteiger charge is 2.50. The zero-order valence-electron chi connectivity index (χ0n) is 28.0. The molecule has 4 atom stereocenters. The number of cyclic esters (lactones) is 2. The van der Waals surface area contributed by atoms with Crippen LogP contribution in [0.15, 0.2) is 152 Å². The van der Waals surface area contributed by atoms with Gasteiger partial charge in [0.1, 0.15) is 0 Å². The lowest BCUT2D eigenvalue weighted by atomic mass is 9.86. The Morgan fingerprint density at radius 3 is 1.19 bits per heavy atom. The summed E-state index contributed by atoms with van der Waals surface area (Å²) >= 11 is 0. The molecule has 0 saturated carbocycles. The first kappa shape index (κ1) is 33.2. The summed E-state index contributed by atoms with van der Waals surface area (Å²) < 4.78 is 12.6. The fourth-order valence-electron chi connectivity index (χ4n) is 7.09. The van der Waals surface area contributed by atoms with Crippen LogP contribution in [0.5, 0.6) is 0 Å². The normalized spacial score (nSPS) is 17.3. The number of carbonyl (C=O) groups is 1. The minimum absolute atomic E-state index is 0.101.